The lowest BCUT2D eigenvalue weighted by molar-refractivity contribution is 0.0497. The molecule has 1 aliphatic heterocycles. The fourth-order valence-electron chi connectivity index (χ4n) is 4.54. The van der Waals surface area contributed by atoms with Gasteiger partial charge in [-0.1, -0.05) is 48.5 Å². The summed E-state index contributed by atoms with van der Waals surface area (Å²) in [5.74, 6) is 0.512. The van der Waals surface area contributed by atoms with E-state index >= 15 is 0 Å². The minimum absolute atomic E-state index is 0.149. The lowest BCUT2D eigenvalue weighted by Gasteiger charge is -2.21. The van der Waals surface area contributed by atoms with Crippen molar-refractivity contribution in [2.75, 3.05) is 6.61 Å². The zero-order valence-corrected chi connectivity index (χ0v) is 22.8. The smallest absolute Gasteiger partial charge is 0.408 e. The summed E-state index contributed by atoms with van der Waals surface area (Å²) in [7, 11) is -4.00. The van der Waals surface area contributed by atoms with Crippen molar-refractivity contribution < 1.29 is 22.7 Å². The van der Waals surface area contributed by atoms with Gasteiger partial charge in [-0.05, 0) is 68.8 Å². The molecule has 0 bridgehead atoms. The Kier molecular flexibility index (Phi) is 6.49. The van der Waals surface area contributed by atoms with Gasteiger partial charge >= 0.3 is 6.09 Å². The van der Waals surface area contributed by atoms with Crippen molar-refractivity contribution >= 4 is 44.7 Å². The van der Waals surface area contributed by atoms with Crippen LogP contribution < -0.4 is 10.1 Å². The number of ether oxygens (including phenoxy) is 2. The Morgan fingerprint density at radius 2 is 1.87 bits per heavy atom. The van der Waals surface area contributed by atoms with E-state index in [2.05, 4.69) is 11.9 Å². The van der Waals surface area contributed by atoms with Crippen molar-refractivity contribution in [1.29, 1.82) is 0 Å². The molecule has 5 rings (SSSR count). The Morgan fingerprint density at radius 3 is 2.55 bits per heavy atom. The molecule has 196 valence electrons. The fraction of sp³-hybridized carbons (Fsp3) is 0.207. The van der Waals surface area contributed by atoms with Gasteiger partial charge in [-0.15, -0.1) is 0 Å². The molecule has 0 saturated carbocycles. The molecule has 1 atom stereocenters. The van der Waals surface area contributed by atoms with Gasteiger partial charge in [-0.2, -0.15) is 0 Å². The number of alkyl carbamates (subject to hydrolysis) is 1. The molecule has 1 unspecified atom stereocenters. The van der Waals surface area contributed by atoms with E-state index in [0.717, 1.165) is 11.1 Å². The largest absolute Gasteiger partial charge is 0.490 e. The molecular formula is C29H27ClN2O5S. The molecule has 0 saturated heterocycles. The maximum atomic E-state index is 14.0. The Hall–Kier alpha value is -3.75. The first-order chi connectivity index (χ1) is 18.0. The van der Waals surface area contributed by atoms with Crippen molar-refractivity contribution in [3.05, 3.63) is 89.5 Å². The minimum atomic E-state index is -4.00. The summed E-state index contributed by atoms with van der Waals surface area (Å²) in [6.07, 6.45) is 1.10. The van der Waals surface area contributed by atoms with Gasteiger partial charge in [0.15, 0.2) is 0 Å². The van der Waals surface area contributed by atoms with Gasteiger partial charge in [-0.3, -0.25) is 0 Å². The third-order valence-electron chi connectivity index (χ3n) is 6.12. The van der Waals surface area contributed by atoms with E-state index in [1.165, 1.54) is 3.97 Å². The minimum Gasteiger partial charge on any atom is -0.490 e. The summed E-state index contributed by atoms with van der Waals surface area (Å²) < 4.78 is 40.7. The summed E-state index contributed by atoms with van der Waals surface area (Å²) in [4.78, 5) is 12.6. The number of amides is 1. The number of hydrogen-bond acceptors (Lipinski definition) is 5. The van der Waals surface area contributed by atoms with E-state index < -0.39 is 27.8 Å². The van der Waals surface area contributed by atoms with E-state index in [0.29, 0.717) is 32.9 Å². The highest BCUT2D eigenvalue weighted by molar-refractivity contribution is 7.90. The van der Waals surface area contributed by atoms with Crippen LogP contribution in [0.5, 0.6) is 5.75 Å². The summed E-state index contributed by atoms with van der Waals surface area (Å²) >= 11 is 6.38. The monoisotopic (exact) mass is 550 g/mol. The third-order valence-corrected chi connectivity index (χ3v) is 8.08. The molecule has 0 radical (unpaired) electrons. The van der Waals surface area contributed by atoms with Crippen LogP contribution in [0.15, 0.2) is 78.2 Å². The lowest BCUT2D eigenvalue weighted by Crippen LogP contribution is -2.35. The molecule has 4 aromatic rings. The molecule has 38 heavy (non-hydrogen) atoms. The van der Waals surface area contributed by atoms with Crippen molar-refractivity contribution in [2.24, 2.45) is 0 Å². The fourth-order valence-corrected chi connectivity index (χ4v) is 6.33. The number of nitrogens with one attached hydrogen (secondary N) is 1. The molecule has 0 spiro atoms. The van der Waals surface area contributed by atoms with E-state index in [4.69, 9.17) is 21.1 Å². The molecule has 0 aliphatic carbocycles. The first-order valence-electron chi connectivity index (χ1n) is 12.0. The van der Waals surface area contributed by atoms with Crippen LogP contribution in [0.1, 0.15) is 37.9 Å². The van der Waals surface area contributed by atoms with Crippen LogP contribution >= 0.6 is 11.6 Å². The Morgan fingerprint density at radius 1 is 1.13 bits per heavy atom. The maximum absolute atomic E-state index is 14.0. The number of hydrogen-bond donors (Lipinski definition) is 1. The number of fused-ring (bicyclic) bond motifs is 3. The topological polar surface area (TPSA) is 86.6 Å². The average Bonchev–Trinajstić information content (AvgIpc) is 3.45. The molecule has 1 aliphatic rings. The zero-order chi connectivity index (χ0) is 27.2. The molecule has 1 amide bonds. The molecule has 1 aromatic heterocycles. The van der Waals surface area contributed by atoms with Crippen LogP contribution in [0, 0.1) is 0 Å². The van der Waals surface area contributed by atoms with E-state index in [1.54, 1.807) is 87.5 Å². The quantitative estimate of drug-likeness (QED) is 0.295. The second-order valence-corrected chi connectivity index (χ2v) is 12.2. The predicted octanol–water partition coefficient (Wildman–Crippen LogP) is 6.80. The predicted molar refractivity (Wildman–Crippen MR) is 149 cm³/mol. The van der Waals surface area contributed by atoms with Gasteiger partial charge < -0.3 is 14.8 Å². The molecule has 9 heteroatoms. The number of carbonyl (C=O) groups is 1. The summed E-state index contributed by atoms with van der Waals surface area (Å²) in [5.41, 5.74) is 2.33. The standard InChI is InChI=1S/C29H27ClN2O5S/c1-5-18-13-19(15-20(30)14-18)26-16-23-25(32(26)38(34,35)21-9-7-6-8-10-21)12-11-22-24(17-36-27(22)23)31-28(33)37-29(2,3)4/h5-16,24H,1,17H2,2-4H3,(H,31,33). The lowest BCUT2D eigenvalue weighted by atomic mass is 10.1. The summed E-state index contributed by atoms with van der Waals surface area (Å²) in [5, 5.41) is 3.90. The molecular weight excluding hydrogens is 524 g/mol. The summed E-state index contributed by atoms with van der Waals surface area (Å²) in [6.45, 7) is 9.39. The van der Waals surface area contributed by atoms with Gasteiger partial charge in [0.1, 0.15) is 18.0 Å². The molecule has 2 heterocycles. The SMILES string of the molecule is C=Cc1cc(Cl)cc(-c2cc3c4c(ccc3n2S(=O)(=O)c2ccccc2)C(NC(=O)OC(C)(C)C)CO4)c1. The normalized spacial score (nSPS) is 15.1. The first-order valence-corrected chi connectivity index (χ1v) is 13.8. The Bertz CT molecular complexity index is 1670. The van der Waals surface area contributed by atoms with Crippen LogP contribution in [0.25, 0.3) is 28.2 Å². The Labute approximate surface area is 226 Å². The third kappa shape index (κ3) is 4.77. The Balaban J connectivity index is 1.70. The molecule has 0 fully saturated rings. The van der Waals surface area contributed by atoms with Crippen LogP contribution in [0.4, 0.5) is 4.79 Å². The average molecular weight is 551 g/mol. The van der Waals surface area contributed by atoms with Gasteiger partial charge in [-0.25, -0.2) is 17.2 Å². The number of halogens is 1. The van der Waals surface area contributed by atoms with E-state index in [1.807, 2.05) is 6.07 Å². The maximum Gasteiger partial charge on any atom is 0.408 e. The second-order valence-electron chi connectivity index (χ2n) is 10.0. The van der Waals surface area contributed by atoms with Gasteiger partial charge in [0.2, 0.25) is 0 Å². The van der Waals surface area contributed by atoms with Gasteiger partial charge in [0, 0.05) is 21.5 Å². The van der Waals surface area contributed by atoms with Crippen molar-refractivity contribution in [3.8, 4) is 17.0 Å². The first kappa shape index (κ1) is 25.9. The summed E-state index contributed by atoms with van der Waals surface area (Å²) in [6, 6.07) is 18.4. The number of carbonyl (C=O) groups excluding carboxylic acids is 1. The number of rotatable bonds is 5. The highest BCUT2D eigenvalue weighted by atomic mass is 35.5. The van der Waals surface area contributed by atoms with E-state index in [9.17, 15) is 13.2 Å². The molecule has 3 aromatic carbocycles. The number of nitrogens with zero attached hydrogens (tertiary/aromatic N) is 1. The number of benzene rings is 3. The van der Waals surface area contributed by atoms with Crippen LogP contribution in [0.3, 0.4) is 0 Å². The van der Waals surface area contributed by atoms with Crippen molar-refractivity contribution in [3.63, 3.8) is 0 Å². The molecule has 7 nitrogen and oxygen atoms in total. The highest BCUT2D eigenvalue weighted by Gasteiger charge is 2.32. The van der Waals surface area contributed by atoms with Crippen molar-refractivity contribution in [2.45, 2.75) is 37.3 Å². The number of aromatic nitrogens is 1. The highest BCUT2D eigenvalue weighted by Crippen LogP contribution is 2.43. The van der Waals surface area contributed by atoms with Crippen LogP contribution in [0.2, 0.25) is 5.02 Å². The van der Waals surface area contributed by atoms with Gasteiger partial charge in [0.25, 0.3) is 10.0 Å². The van der Waals surface area contributed by atoms with Crippen LogP contribution in [-0.4, -0.2) is 30.7 Å². The zero-order valence-electron chi connectivity index (χ0n) is 21.2. The van der Waals surface area contributed by atoms with E-state index in [-0.39, 0.29) is 11.5 Å². The van der Waals surface area contributed by atoms with Gasteiger partial charge in [0.05, 0.1) is 22.1 Å². The van der Waals surface area contributed by atoms with Crippen molar-refractivity contribution in [1.82, 2.24) is 9.29 Å². The molecule has 1 N–H and O–H groups in total. The second kappa shape index (κ2) is 9.53. The van der Waals surface area contributed by atoms with Crippen LogP contribution in [-0.2, 0) is 14.8 Å².